The van der Waals surface area contributed by atoms with Gasteiger partial charge in [0.15, 0.2) is 0 Å². The lowest BCUT2D eigenvalue weighted by Crippen LogP contribution is -1.99. The molecule has 88 valence electrons. The molecule has 1 heteroatoms. The van der Waals surface area contributed by atoms with Crippen molar-refractivity contribution in [3.05, 3.63) is 53.1 Å². The first-order chi connectivity index (χ1) is 8.13. The molecule has 0 N–H and O–H groups in total. The SMILES string of the molecule is C=CCc1cc(C#N)cc(C(C)C)c1/C=C\C. The summed E-state index contributed by atoms with van der Waals surface area (Å²) < 4.78 is 0. The molecule has 1 nitrogen and oxygen atoms in total. The summed E-state index contributed by atoms with van der Waals surface area (Å²) in [4.78, 5) is 0. The van der Waals surface area contributed by atoms with Gasteiger partial charge >= 0.3 is 0 Å². The van der Waals surface area contributed by atoms with E-state index in [1.807, 2.05) is 31.2 Å². The van der Waals surface area contributed by atoms with Gasteiger partial charge in [-0.15, -0.1) is 6.58 Å². The zero-order valence-corrected chi connectivity index (χ0v) is 10.8. The van der Waals surface area contributed by atoms with Crippen molar-refractivity contribution in [2.24, 2.45) is 0 Å². The number of nitrogens with zero attached hydrogens (tertiary/aromatic N) is 1. The van der Waals surface area contributed by atoms with Gasteiger partial charge < -0.3 is 0 Å². The Bertz CT molecular complexity index is 473. The Morgan fingerprint density at radius 2 is 2.12 bits per heavy atom. The molecule has 1 aromatic carbocycles. The Morgan fingerprint density at radius 1 is 1.41 bits per heavy atom. The van der Waals surface area contributed by atoms with Crippen LogP contribution in [0.15, 0.2) is 30.9 Å². The molecule has 0 saturated heterocycles. The molecule has 0 aliphatic carbocycles. The smallest absolute Gasteiger partial charge is 0.0991 e. The number of nitriles is 1. The number of hydrogen-bond acceptors (Lipinski definition) is 1. The van der Waals surface area contributed by atoms with E-state index in [2.05, 4.69) is 32.6 Å². The van der Waals surface area contributed by atoms with Crippen LogP contribution in [0.25, 0.3) is 6.08 Å². The highest BCUT2D eigenvalue weighted by Gasteiger charge is 2.10. The molecule has 0 aliphatic rings. The second-order valence-electron chi connectivity index (χ2n) is 4.40. The van der Waals surface area contributed by atoms with Crippen LogP contribution in [-0.4, -0.2) is 0 Å². The van der Waals surface area contributed by atoms with E-state index in [9.17, 15) is 0 Å². The van der Waals surface area contributed by atoms with Gasteiger partial charge in [0.05, 0.1) is 11.6 Å². The largest absolute Gasteiger partial charge is 0.192 e. The zero-order valence-electron chi connectivity index (χ0n) is 10.8. The van der Waals surface area contributed by atoms with E-state index in [0.29, 0.717) is 5.92 Å². The van der Waals surface area contributed by atoms with Gasteiger partial charge in [-0.1, -0.05) is 32.1 Å². The highest BCUT2D eigenvalue weighted by Crippen LogP contribution is 2.26. The van der Waals surface area contributed by atoms with E-state index in [1.165, 1.54) is 16.7 Å². The molecule has 0 bridgehead atoms. The standard InChI is InChI=1S/C16H19N/c1-5-7-14-9-13(11-17)10-16(12(3)4)15(14)8-6-2/h5-6,8-10,12H,1,7H2,2-4H3/b8-6-. The molecular weight excluding hydrogens is 206 g/mol. The third-order valence-corrected chi connectivity index (χ3v) is 2.75. The predicted molar refractivity (Wildman–Crippen MR) is 73.9 cm³/mol. The van der Waals surface area contributed by atoms with Crippen LogP contribution in [0, 0.1) is 11.3 Å². The number of allylic oxidation sites excluding steroid dienone is 2. The summed E-state index contributed by atoms with van der Waals surface area (Å²) >= 11 is 0. The molecule has 0 amide bonds. The number of benzene rings is 1. The first-order valence-corrected chi connectivity index (χ1v) is 5.94. The molecule has 0 unspecified atom stereocenters. The van der Waals surface area contributed by atoms with Gasteiger partial charge in [0, 0.05) is 0 Å². The van der Waals surface area contributed by atoms with Gasteiger partial charge in [-0.05, 0) is 48.1 Å². The van der Waals surface area contributed by atoms with Crippen molar-refractivity contribution < 1.29 is 0 Å². The lowest BCUT2D eigenvalue weighted by Gasteiger charge is -2.15. The fourth-order valence-electron chi connectivity index (χ4n) is 1.97. The average molecular weight is 225 g/mol. The average Bonchev–Trinajstić information content (AvgIpc) is 2.31. The summed E-state index contributed by atoms with van der Waals surface area (Å²) in [5, 5.41) is 9.06. The molecule has 0 saturated carbocycles. The van der Waals surface area contributed by atoms with Gasteiger partial charge in [0.25, 0.3) is 0 Å². The highest BCUT2D eigenvalue weighted by atomic mass is 14.2. The quantitative estimate of drug-likeness (QED) is 0.695. The summed E-state index contributed by atoms with van der Waals surface area (Å²) in [5.41, 5.74) is 4.39. The van der Waals surface area contributed by atoms with Crippen molar-refractivity contribution >= 4 is 6.08 Å². The summed E-state index contributed by atoms with van der Waals surface area (Å²) in [6.45, 7) is 10.1. The van der Waals surface area contributed by atoms with Crippen LogP contribution in [-0.2, 0) is 6.42 Å². The van der Waals surface area contributed by atoms with Crippen LogP contribution in [0.5, 0.6) is 0 Å². The normalized spacial score (nSPS) is 10.8. The van der Waals surface area contributed by atoms with Crippen molar-refractivity contribution in [3.63, 3.8) is 0 Å². The molecule has 0 aromatic heterocycles. The Balaban J connectivity index is 3.49. The van der Waals surface area contributed by atoms with E-state index >= 15 is 0 Å². The fourth-order valence-corrected chi connectivity index (χ4v) is 1.97. The van der Waals surface area contributed by atoms with E-state index < -0.39 is 0 Å². The van der Waals surface area contributed by atoms with Gasteiger partial charge in [0.2, 0.25) is 0 Å². The van der Waals surface area contributed by atoms with Crippen molar-refractivity contribution in [1.29, 1.82) is 5.26 Å². The van der Waals surface area contributed by atoms with Crippen molar-refractivity contribution in [3.8, 4) is 6.07 Å². The highest BCUT2D eigenvalue weighted by molar-refractivity contribution is 5.61. The summed E-state index contributed by atoms with van der Waals surface area (Å²) in [6, 6.07) is 6.19. The Morgan fingerprint density at radius 3 is 2.59 bits per heavy atom. The summed E-state index contributed by atoms with van der Waals surface area (Å²) in [6.07, 6.45) is 6.84. The Kier molecular flexibility index (Phi) is 4.72. The Hall–Kier alpha value is -1.81. The van der Waals surface area contributed by atoms with Crippen LogP contribution < -0.4 is 0 Å². The first kappa shape index (κ1) is 13.3. The Labute approximate surface area is 104 Å². The van der Waals surface area contributed by atoms with Crippen LogP contribution in [0.1, 0.15) is 48.9 Å². The fraction of sp³-hybridized carbons (Fsp3) is 0.312. The minimum atomic E-state index is 0.415. The van der Waals surface area contributed by atoms with E-state index in [-0.39, 0.29) is 0 Å². The molecule has 0 atom stereocenters. The molecule has 0 fully saturated rings. The predicted octanol–water partition coefficient (Wildman–Crippen LogP) is 4.44. The maximum absolute atomic E-state index is 9.06. The maximum atomic E-state index is 9.06. The monoisotopic (exact) mass is 225 g/mol. The first-order valence-electron chi connectivity index (χ1n) is 5.94. The zero-order chi connectivity index (χ0) is 12.8. The minimum Gasteiger partial charge on any atom is -0.192 e. The minimum absolute atomic E-state index is 0.415. The lowest BCUT2D eigenvalue weighted by atomic mass is 9.89. The second kappa shape index (κ2) is 6.06. The molecule has 17 heavy (non-hydrogen) atoms. The van der Waals surface area contributed by atoms with Crippen LogP contribution in [0.2, 0.25) is 0 Å². The maximum Gasteiger partial charge on any atom is 0.0991 e. The van der Waals surface area contributed by atoms with Crippen molar-refractivity contribution in [1.82, 2.24) is 0 Å². The second-order valence-corrected chi connectivity index (χ2v) is 4.40. The molecule has 1 aromatic rings. The van der Waals surface area contributed by atoms with E-state index in [0.717, 1.165) is 12.0 Å². The van der Waals surface area contributed by atoms with Gasteiger partial charge in [-0.25, -0.2) is 0 Å². The van der Waals surface area contributed by atoms with Crippen LogP contribution >= 0.6 is 0 Å². The molecule has 0 heterocycles. The molecule has 0 radical (unpaired) electrons. The lowest BCUT2D eigenvalue weighted by molar-refractivity contribution is 0.859. The van der Waals surface area contributed by atoms with E-state index in [1.54, 1.807) is 0 Å². The molecule has 1 rings (SSSR count). The summed E-state index contributed by atoms with van der Waals surface area (Å²) in [5.74, 6) is 0.415. The van der Waals surface area contributed by atoms with Gasteiger partial charge in [-0.3, -0.25) is 0 Å². The van der Waals surface area contributed by atoms with Gasteiger partial charge in [-0.2, -0.15) is 5.26 Å². The topological polar surface area (TPSA) is 23.8 Å². The van der Waals surface area contributed by atoms with Crippen molar-refractivity contribution in [2.75, 3.05) is 0 Å². The van der Waals surface area contributed by atoms with E-state index in [4.69, 9.17) is 5.26 Å². The van der Waals surface area contributed by atoms with Gasteiger partial charge in [0.1, 0.15) is 0 Å². The van der Waals surface area contributed by atoms with Crippen LogP contribution in [0.4, 0.5) is 0 Å². The molecule has 0 aliphatic heterocycles. The summed E-state index contributed by atoms with van der Waals surface area (Å²) in [7, 11) is 0. The third-order valence-electron chi connectivity index (χ3n) is 2.75. The van der Waals surface area contributed by atoms with Crippen LogP contribution in [0.3, 0.4) is 0 Å². The molecule has 0 spiro atoms. The number of hydrogen-bond donors (Lipinski definition) is 0. The number of rotatable bonds is 4. The van der Waals surface area contributed by atoms with Crippen molar-refractivity contribution in [2.45, 2.75) is 33.1 Å². The molecular formula is C16H19N. The third kappa shape index (κ3) is 3.07.